The van der Waals surface area contributed by atoms with Gasteiger partial charge < -0.3 is 0 Å². The third kappa shape index (κ3) is 4.54. The molecule has 0 aliphatic heterocycles. The molecule has 0 radical (unpaired) electrons. The van der Waals surface area contributed by atoms with E-state index in [1.807, 2.05) is 0 Å². The van der Waals surface area contributed by atoms with Crippen LogP contribution in [0.4, 0.5) is 39.5 Å². The van der Waals surface area contributed by atoms with Gasteiger partial charge in [-0.2, -0.15) is 39.5 Å². The first-order valence-corrected chi connectivity index (χ1v) is 7.49. The van der Waals surface area contributed by atoms with Gasteiger partial charge in [-0.15, -0.1) is 0 Å². The van der Waals surface area contributed by atoms with Crippen LogP contribution in [-0.2, 0) is 18.5 Å². The van der Waals surface area contributed by atoms with E-state index in [4.69, 9.17) is 0 Å². The van der Waals surface area contributed by atoms with E-state index in [0.717, 1.165) is 0 Å². The minimum Gasteiger partial charge on any atom is -0.252 e. The molecule has 0 saturated carbocycles. The molecule has 27 heavy (non-hydrogen) atoms. The number of hydrogen-bond donors (Lipinski definition) is 0. The number of hydrogen-bond acceptors (Lipinski definition) is 1. The van der Waals surface area contributed by atoms with E-state index in [0.29, 0.717) is 24.3 Å². The van der Waals surface area contributed by atoms with Crippen LogP contribution in [0.2, 0.25) is 0 Å². The molecular formula is C17H12F9N. The molecule has 0 fully saturated rings. The van der Waals surface area contributed by atoms with E-state index in [1.54, 1.807) is 0 Å². The van der Waals surface area contributed by atoms with Crippen LogP contribution in [0.25, 0.3) is 11.3 Å². The fourth-order valence-corrected chi connectivity index (χ4v) is 2.48. The summed E-state index contributed by atoms with van der Waals surface area (Å²) in [6.45, 7) is 2.75. The Bertz CT molecular complexity index is 830. The summed E-state index contributed by atoms with van der Waals surface area (Å²) in [7, 11) is 0. The molecule has 1 heterocycles. The Labute approximate surface area is 147 Å². The number of rotatable bonds is 2. The molecule has 0 aliphatic carbocycles. The highest BCUT2D eigenvalue weighted by molar-refractivity contribution is 5.66. The molecule has 2 aromatic rings. The number of aromatic nitrogens is 1. The van der Waals surface area contributed by atoms with E-state index in [9.17, 15) is 39.5 Å². The van der Waals surface area contributed by atoms with Crippen molar-refractivity contribution >= 4 is 0 Å². The van der Waals surface area contributed by atoms with E-state index >= 15 is 0 Å². The zero-order valence-corrected chi connectivity index (χ0v) is 13.8. The van der Waals surface area contributed by atoms with Crippen LogP contribution < -0.4 is 0 Å². The first-order chi connectivity index (χ1) is 12.1. The molecular weight excluding hydrogens is 389 g/mol. The number of halogens is 9. The topological polar surface area (TPSA) is 12.9 Å². The number of alkyl halides is 9. The Hall–Kier alpha value is -2.26. The molecule has 0 N–H and O–H groups in total. The molecule has 1 aromatic heterocycles. The van der Waals surface area contributed by atoms with Crippen molar-refractivity contribution in [1.82, 2.24) is 4.98 Å². The first-order valence-electron chi connectivity index (χ1n) is 7.49. The predicted molar refractivity (Wildman–Crippen MR) is 78.8 cm³/mol. The predicted octanol–water partition coefficient (Wildman–Crippen LogP) is 6.93. The molecule has 148 valence electrons. The summed E-state index contributed by atoms with van der Waals surface area (Å²) in [5.74, 6) is -0.773. The van der Waals surface area contributed by atoms with Crippen molar-refractivity contribution in [2.45, 2.75) is 38.3 Å². The molecule has 0 amide bonds. The van der Waals surface area contributed by atoms with Gasteiger partial charge in [-0.25, -0.2) is 0 Å². The highest BCUT2D eigenvalue weighted by Gasteiger charge is 2.39. The van der Waals surface area contributed by atoms with Gasteiger partial charge in [-0.1, -0.05) is 19.9 Å². The van der Waals surface area contributed by atoms with Crippen LogP contribution in [0, 0.1) is 0 Å². The maximum atomic E-state index is 13.3. The summed E-state index contributed by atoms with van der Waals surface area (Å²) in [4.78, 5) is 3.67. The lowest BCUT2D eigenvalue weighted by Gasteiger charge is -2.19. The Morgan fingerprint density at radius 1 is 0.704 bits per heavy atom. The second-order valence-corrected chi connectivity index (χ2v) is 6.04. The number of pyridine rings is 1. The van der Waals surface area contributed by atoms with Gasteiger partial charge in [0.1, 0.15) is 0 Å². The van der Waals surface area contributed by atoms with Crippen LogP contribution in [0.1, 0.15) is 42.1 Å². The van der Waals surface area contributed by atoms with Crippen LogP contribution in [-0.4, -0.2) is 4.98 Å². The quantitative estimate of drug-likeness (QED) is 0.498. The molecule has 0 atom stereocenters. The van der Waals surface area contributed by atoms with Gasteiger partial charge in [0, 0.05) is 5.56 Å². The standard InChI is InChI=1S/C17H12F9N/c1-8(2)14-11(16(21,22)23)5-6-13(27-14)10-4-3-9(15(18,19)20)7-12(10)17(24,25)26/h3-8H,1-2H3. The summed E-state index contributed by atoms with van der Waals surface area (Å²) in [6, 6.07) is 2.20. The zero-order valence-electron chi connectivity index (χ0n) is 13.8. The summed E-state index contributed by atoms with van der Waals surface area (Å²) in [5, 5.41) is 0. The van der Waals surface area contributed by atoms with Gasteiger partial charge in [0.25, 0.3) is 0 Å². The van der Waals surface area contributed by atoms with Crippen molar-refractivity contribution in [3.8, 4) is 11.3 Å². The van der Waals surface area contributed by atoms with E-state index in [-0.39, 0.29) is 6.07 Å². The van der Waals surface area contributed by atoms with Gasteiger partial charge in [-0.05, 0) is 30.2 Å². The molecule has 10 heteroatoms. The highest BCUT2D eigenvalue weighted by Crippen LogP contribution is 2.42. The lowest BCUT2D eigenvalue weighted by atomic mass is 9.97. The Balaban J connectivity index is 2.73. The molecule has 0 spiro atoms. The van der Waals surface area contributed by atoms with Crippen molar-refractivity contribution in [3.05, 3.63) is 52.7 Å². The summed E-state index contributed by atoms with van der Waals surface area (Å²) < 4.78 is 117. The van der Waals surface area contributed by atoms with E-state index in [1.165, 1.54) is 13.8 Å². The minimum atomic E-state index is -5.15. The Morgan fingerprint density at radius 2 is 1.26 bits per heavy atom. The van der Waals surface area contributed by atoms with Crippen LogP contribution >= 0.6 is 0 Å². The molecule has 1 aromatic carbocycles. The third-order valence-electron chi connectivity index (χ3n) is 3.71. The number of nitrogens with zero attached hydrogens (tertiary/aromatic N) is 1. The molecule has 0 saturated heterocycles. The number of benzene rings is 1. The van der Waals surface area contributed by atoms with Gasteiger partial charge in [0.05, 0.1) is 28.1 Å². The smallest absolute Gasteiger partial charge is 0.252 e. The molecule has 1 nitrogen and oxygen atoms in total. The summed E-state index contributed by atoms with van der Waals surface area (Å²) >= 11 is 0. The SMILES string of the molecule is CC(C)c1nc(-c2ccc(C(F)(F)F)cc2C(F)(F)F)ccc1C(F)(F)F. The first kappa shape index (κ1) is 21.0. The summed E-state index contributed by atoms with van der Waals surface area (Å²) in [6.07, 6.45) is -14.9. The molecule has 2 rings (SSSR count). The van der Waals surface area contributed by atoms with Crippen molar-refractivity contribution < 1.29 is 39.5 Å². The van der Waals surface area contributed by atoms with Crippen LogP contribution in [0.5, 0.6) is 0 Å². The Kier molecular flexibility index (Phi) is 5.24. The molecule has 0 unspecified atom stereocenters. The lowest BCUT2D eigenvalue weighted by molar-refractivity contribution is -0.143. The summed E-state index contributed by atoms with van der Waals surface area (Å²) in [5.41, 5.74) is -5.97. The maximum absolute atomic E-state index is 13.3. The second-order valence-electron chi connectivity index (χ2n) is 6.04. The fourth-order valence-electron chi connectivity index (χ4n) is 2.48. The van der Waals surface area contributed by atoms with Crippen molar-refractivity contribution in [2.75, 3.05) is 0 Å². The largest absolute Gasteiger partial charge is 0.418 e. The van der Waals surface area contributed by atoms with Crippen molar-refractivity contribution in [2.24, 2.45) is 0 Å². The van der Waals surface area contributed by atoms with Gasteiger partial charge in [0.2, 0.25) is 0 Å². The minimum absolute atomic E-state index is 0.0796. The highest BCUT2D eigenvalue weighted by atomic mass is 19.4. The van der Waals surface area contributed by atoms with Crippen LogP contribution in [0.15, 0.2) is 30.3 Å². The van der Waals surface area contributed by atoms with E-state index < -0.39 is 58.1 Å². The third-order valence-corrected chi connectivity index (χ3v) is 3.71. The monoisotopic (exact) mass is 401 g/mol. The van der Waals surface area contributed by atoms with Crippen LogP contribution in [0.3, 0.4) is 0 Å². The normalized spacial score (nSPS) is 13.3. The lowest BCUT2D eigenvalue weighted by Crippen LogP contribution is -2.14. The van der Waals surface area contributed by atoms with E-state index in [2.05, 4.69) is 4.98 Å². The average Bonchev–Trinajstić information content (AvgIpc) is 2.51. The van der Waals surface area contributed by atoms with Crippen molar-refractivity contribution in [1.29, 1.82) is 0 Å². The zero-order chi connectivity index (χ0) is 20.8. The molecule has 0 bridgehead atoms. The van der Waals surface area contributed by atoms with Gasteiger partial charge in [-0.3, -0.25) is 4.98 Å². The molecule has 0 aliphatic rings. The Morgan fingerprint density at radius 3 is 1.70 bits per heavy atom. The van der Waals surface area contributed by atoms with Crippen molar-refractivity contribution in [3.63, 3.8) is 0 Å². The maximum Gasteiger partial charge on any atom is 0.418 e. The van der Waals surface area contributed by atoms with Gasteiger partial charge in [0.15, 0.2) is 0 Å². The fraction of sp³-hybridized carbons (Fsp3) is 0.353. The second kappa shape index (κ2) is 6.72. The van der Waals surface area contributed by atoms with Gasteiger partial charge >= 0.3 is 18.5 Å². The average molecular weight is 401 g/mol.